The van der Waals surface area contributed by atoms with Crippen molar-refractivity contribution in [3.8, 4) is 0 Å². The Labute approximate surface area is 101 Å². The first kappa shape index (κ1) is 12.1. The Bertz CT molecular complexity index is 384. The number of carbonyl (C=O) groups excluding carboxylic acids is 1. The Hall–Kier alpha value is -1.39. The van der Waals surface area contributed by atoms with Crippen molar-refractivity contribution >= 4 is 5.91 Å². The maximum absolute atomic E-state index is 12.3. The number of nitrogens with two attached hydrogens (primary N) is 1. The number of hydrogen-bond acceptors (Lipinski definition) is 3. The van der Waals surface area contributed by atoms with Gasteiger partial charge in [0.1, 0.15) is 5.54 Å². The molecule has 92 valence electrons. The minimum atomic E-state index is -1.03. The van der Waals surface area contributed by atoms with E-state index in [9.17, 15) is 4.79 Å². The van der Waals surface area contributed by atoms with Gasteiger partial charge in [-0.05, 0) is 25.3 Å². The highest BCUT2D eigenvalue weighted by Gasteiger charge is 2.35. The number of nitrogens with zero attached hydrogens (tertiary/aromatic N) is 1. The first-order chi connectivity index (χ1) is 8.12. The lowest BCUT2D eigenvalue weighted by atomic mass is 9.92. The minimum Gasteiger partial charge on any atom is -0.314 e. The molecule has 1 aliphatic heterocycles. The molecule has 4 nitrogen and oxygen atoms in total. The molecule has 17 heavy (non-hydrogen) atoms. The zero-order valence-electron chi connectivity index (χ0n) is 10.1. The van der Waals surface area contributed by atoms with Gasteiger partial charge in [0.2, 0.25) is 0 Å². The van der Waals surface area contributed by atoms with Crippen molar-refractivity contribution in [1.82, 2.24) is 5.06 Å². The molecule has 0 radical (unpaired) electrons. The standard InChI is InChI=1S/C13H18N2O2/c1-13(14,11-7-3-2-4-8-11)12(16)15-9-5-6-10-17-15/h2-4,7-8H,5-6,9-10,14H2,1H3. The lowest BCUT2D eigenvalue weighted by Crippen LogP contribution is -2.52. The van der Waals surface area contributed by atoms with Crippen LogP contribution < -0.4 is 5.73 Å². The summed E-state index contributed by atoms with van der Waals surface area (Å²) in [5.41, 5.74) is 5.92. The Balaban J connectivity index is 2.17. The summed E-state index contributed by atoms with van der Waals surface area (Å²) < 4.78 is 0. The molecule has 2 rings (SSSR count). The summed E-state index contributed by atoms with van der Waals surface area (Å²) in [6.07, 6.45) is 1.97. The van der Waals surface area contributed by atoms with Crippen LogP contribution >= 0.6 is 0 Å². The van der Waals surface area contributed by atoms with E-state index in [0.29, 0.717) is 13.2 Å². The number of hydrogen-bond donors (Lipinski definition) is 1. The van der Waals surface area contributed by atoms with Gasteiger partial charge >= 0.3 is 0 Å². The fraction of sp³-hybridized carbons (Fsp3) is 0.462. The van der Waals surface area contributed by atoms with Crippen LogP contribution in [0.3, 0.4) is 0 Å². The van der Waals surface area contributed by atoms with E-state index >= 15 is 0 Å². The zero-order chi connectivity index (χ0) is 12.3. The third-order valence-corrected chi connectivity index (χ3v) is 3.05. The summed E-state index contributed by atoms with van der Waals surface area (Å²) in [5, 5.41) is 1.40. The topological polar surface area (TPSA) is 55.6 Å². The molecule has 1 unspecified atom stereocenters. The molecule has 1 fully saturated rings. The average Bonchev–Trinajstić information content (AvgIpc) is 2.40. The predicted molar refractivity (Wildman–Crippen MR) is 64.9 cm³/mol. The Morgan fingerprint density at radius 2 is 2.06 bits per heavy atom. The molecule has 1 amide bonds. The summed E-state index contributed by atoms with van der Waals surface area (Å²) >= 11 is 0. The molecule has 1 aliphatic rings. The largest absolute Gasteiger partial charge is 0.314 e. The van der Waals surface area contributed by atoms with Crippen molar-refractivity contribution in [3.63, 3.8) is 0 Å². The van der Waals surface area contributed by atoms with E-state index in [1.807, 2.05) is 30.3 Å². The van der Waals surface area contributed by atoms with Crippen LogP contribution in [0.25, 0.3) is 0 Å². The molecule has 4 heteroatoms. The first-order valence-corrected chi connectivity index (χ1v) is 5.91. The number of amides is 1. The van der Waals surface area contributed by atoms with Crippen molar-refractivity contribution in [3.05, 3.63) is 35.9 Å². The molecule has 1 atom stereocenters. The lowest BCUT2D eigenvalue weighted by molar-refractivity contribution is -0.202. The monoisotopic (exact) mass is 234 g/mol. The van der Waals surface area contributed by atoms with Crippen molar-refractivity contribution in [2.24, 2.45) is 5.73 Å². The van der Waals surface area contributed by atoms with Crippen molar-refractivity contribution in [1.29, 1.82) is 0 Å². The van der Waals surface area contributed by atoms with Gasteiger partial charge in [-0.1, -0.05) is 30.3 Å². The van der Waals surface area contributed by atoms with Crippen LogP contribution in [-0.4, -0.2) is 24.1 Å². The molecule has 1 aromatic carbocycles. The minimum absolute atomic E-state index is 0.177. The van der Waals surface area contributed by atoms with Gasteiger partial charge in [-0.3, -0.25) is 9.63 Å². The van der Waals surface area contributed by atoms with Gasteiger partial charge < -0.3 is 5.73 Å². The van der Waals surface area contributed by atoms with Crippen LogP contribution in [0.1, 0.15) is 25.3 Å². The highest BCUT2D eigenvalue weighted by molar-refractivity contribution is 5.86. The number of carbonyl (C=O) groups is 1. The Morgan fingerprint density at radius 1 is 1.35 bits per heavy atom. The maximum Gasteiger partial charge on any atom is 0.270 e. The number of benzene rings is 1. The molecule has 0 aliphatic carbocycles. The second kappa shape index (κ2) is 4.85. The quantitative estimate of drug-likeness (QED) is 0.842. The molecule has 0 spiro atoms. The van der Waals surface area contributed by atoms with Crippen molar-refractivity contribution in [2.45, 2.75) is 25.3 Å². The fourth-order valence-corrected chi connectivity index (χ4v) is 1.92. The van der Waals surface area contributed by atoms with E-state index in [4.69, 9.17) is 10.6 Å². The van der Waals surface area contributed by atoms with Crippen LogP contribution in [0.5, 0.6) is 0 Å². The first-order valence-electron chi connectivity index (χ1n) is 5.91. The third-order valence-electron chi connectivity index (χ3n) is 3.05. The molecule has 0 aromatic heterocycles. The maximum atomic E-state index is 12.3. The van der Waals surface area contributed by atoms with E-state index in [-0.39, 0.29) is 5.91 Å². The van der Waals surface area contributed by atoms with E-state index in [1.165, 1.54) is 5.06 Å². The van der Waals surface area contributed by atoms with Gasteiger partial charge in [0.05, 0.1) is 6.61 Å². The molecular weight excluding hydrogens is 216 g/mol. The molecule has 0 saturated carbocycles. The summed E-state index contributed by atoms with van der Waals surface area (Å²) in [5.74, 6) is -0.177. The van der Waals surface area contributed by atoms with Gasteiger partial charge in [-0.2, -0.15) is 0 Å². The molecule has 0 bridgehead atoms. The van der Waals surface area contributed by atoms with Crippen molar-refractivity contribution < 1.29 is 9.63 Å². The van der Waals surface area contributed by atoms with Gasteiger partial charge in [0.15, 0.2) is 0 Å². The summed E-state index contributed by atoms with van der Waals surface area (Å²) in [6.45, 7) is 2.94. The van der Waals surface area contributed by atoms with E-state index in [0.717, 1.165) is 18.4 Å². The summed E-state index contributed by atoms with van der Waals surface area (Å²) in [7, 11) is 0. The highest BCUT2D eigenvalue weighted by Crippen LogP contribution is 2.22. The van der Waals surface area contributed by atoms with Gasteiger partial charge in [-0.15, -0.1) is 0 Å². The van der Waals surface area contributed by atoms with Crippen LogP contribution in [0.2, 0.25) is 0 Å². The second-order valence-electron chi connectivity index (χ2n) is 4.52. The highest BCUT2D eigenvalue weighted by atomic mass is 16.7. The van der Waals surface area contributed by atoms with Crippen LogP contribution in [-0.2, 0) is 15.2 Å². The number of hydroxylamine groups is 2. The average molecular weight is 234 g/mol. The van der Waals surface area contributed by atoms with Crippen molar-refractivity contribution in [2.75, 3.05) is 13.2 Å². The van der Waals surface area contributed by atoms with Gasteiger partial charge in [0, 0.05) is 6.54 Å². The van der Waals surface area contributed by atoms with Gasteiger partial charge in [-0.25, -0.2) is 5.06 Å². The van der Waals surface area contributed by atoms with Crippen LogP contribution in [0, 0.1) is 0 Å². The molecule has 1 heterocycles. The lowest BCUT2D eigenvalue weighted by Gasteiger charge is -2.33. The molecule has 1 saturated heterocycles. The molecule has 1 aromatic rings. The Kier molecular flexibility index (Phi) is 3.45. The van der Waals surface area contributed by atoms with Crippen LogP contribution in [0.15, 0.2) is 30.3 Å². The molecular formula is C13H18N2O2. The second-order valence-corrected chi connectivity index (χ2v) is 4.52. The number of rotatable bonds is 2. The normalized spacial score (nSPS) is 19.8. The van der Waals surface area contributed by atoms with E-state index in [1.54, 1.807) is 6.92 Å². The van der Waals surface area contributed by atoms with E-state index < -0.39 is 5.54 Å². The van der Waals surface area contributed by atoms with Gasteiger partial charge in [0.25, 0.3) is 5.91 Å². The van der Waals surface area contributed by atoms with E-state index in [2.05, 4.69) is 0 Å². The SMILES string of the molecule is CC(N)(C(=O)N1CCCCO1)c1ccccc1. The Morgan fingerprint density at radius 3 is 2.65 bits per heavy atom. The molecule has 2 N–H and O–H groups in total. The summed E-state index contributed by atoms with van der Waals surface area (Å²) in [6, 6.07) is 9.39. The zero-order valence-corrected chi connectivity index (χ0v) is 10.1. The third kappa shape index (κ3) is 2.48. The summed E-state index contributed by atoms with van der Waals surface area (Å²) in [4.78, 5) is 17.6. The smallest absolute Gasteiger partial charge is 0.270 e. The fourth-order valence-electron chi connectivity index (χ4n) is 1.92. The predicted octanol–water partition coefficient (Wildman–Crippen LogP) is 1.41. The van der Waals surface area contributed by atoms with Crippen LogP contribution in [0.4, 0.5) is 0 Å².